The number of esters is 1. The van der Waals surface area contributed by atoms with Gasteiger partial charge in [0.2, 0.25) is 0 Å². The van der Waals surface area contributed by atoms with Crippen LogP contribution in [0.1, 0.15) is 38.1 Å². The third-order valence-corrected chi connectivity index (χ3v) is 5.59. The molecule has 1 amide bonds. The van der Waals surface area contributed by atoms with Crippen molar-refractivity contribution in [2.75, 3.05) is 25.5 Å². The maximum absolute atomic E-state index is 14.0. The molecule has 0 unspecified atom stereocenters. The maximum Gasteiger partial charge on any atom is 0.341 e. The molecule has 1 aliphatic rings. The molecule has 5 nitrogen and oxygen atoms in total. The lowest BCUT2D eigenvalue weighted by atomic mass is 10.0. The number of carbonyl (C=O) groups excluding carboxylic acids is 2. The zero-order valence-electron chi connectivity index (χ0n) is 14.4. The minimum absolute atomic E-state index is 0.0150. The van der Waals surface area contributed by atoms with Crippen molar-refractivity contribution in [1.29, 1.82) is 0 Å². The van der Waals surface area contributed by atoms with Crippen LogP contribution >= 0.6 is 22.9 Å². The Labute approximate surface area is 159 Å². The van der Waals surface area contributed by atoms with Gasteiger partial charge >= 0.3 is 5.97 Å². The van der Waals surface area contributed by atoms with Crippen molar-refractivity contribution < 1.29 is 18.7 Å². The van der Waals surface area contributed by atoms with Gasteiger partial charge in [-0.25, -0.2) is 9.18 Å². The van der Waals surface area contributed by atoms with Crippen molar-refractivity contribution in [3.63, 3.8) is 0 Å². The molecule has 1 aromatic heterocycles. The second-order valence-corrected chi connectivity index (χ2v) is 7.48. The van der Waals surface area contributed by atoms with Crippen LogP contribution in [-0.4, -0.2) is 37.0 Å². The third kappa shape index (κ3) is 3.60. The number of anilines is 1. The Kier molecular flexibility index (Phi) is 5.60. The largest absolute Gasteiger partial charge is 0.462 e. The van der Waals surface area contributed by atoms with Crippen molar-refractivity contribution in [2.45, 2.75) is 19.9 Å². The molecule has 0 fully saturated rings. The van der Waals surface area contributed by atoms with Gasteiger partial charge in [-0.2, -0.15) is 0 Å². The van der Waals surface area contributed by atoms with Crippen LogP contribution in [0.25, 0.3) is 0 Å². The van der Waals surface area contributed by atoms with Crippen molar-refractivity contribution in [2.24, 2.45) is 0 Å². The van der Waals surface area contributed by atoms with Crippen LogP contribution in [-0.2, 0) is 17.7 Å². The van der Waals surface area contributed by atoms with Gasteiger partial charge in [-0.3, -0.25) is 4.79 Å². The molecule has 2 aromatic rings. The zero-order valence-corrected chi connectivity index (χ0v) is 16.0. The average Bonchev–Trinajstić information content (AvgIpc) is 2.91. The summed E-state index contributed by atoms with van der Waals surface area (Å²) in [7, 11) is 1.99. The molecule has 138 valence electrons. The topological polar surface area (TPSA) is 58.6 Å². The van der Waals surface area contributed by atoms with E-state index in [-0.39, 0.29) is 17.2 Å². The van der Waals surface area contributed by atoms with Crippen LogP contribution in [0.2, 0.25) is 5.02 Å². The molecule has 3 rings (SSSR count). The Balaban J connectivity index is 1.99. The van der Waals surface area contributed by atoms with E-state index >= 15 is 0 Å². The smallest absolute Gasteiger partial charge is 0.341 e. The van der Waals surface area contributed by atoms with Crippen molar-refractivity contribution in [1.82, 2.24) is 4.90 Å². The summed E-state index contributed by atoms with van der Waals surface area (Å²) in [6, 6.07) is 4.04. The highest BCUT2D eigenvalue weighted by atomic mass is 35.5. The molecule has 1 N–H and O–H groups in total. The second kappa shape index (κ2) is 7.73. The molecule has 0 spiro atoms. The van der Waals surface area contributed by atoms with Crippen LogP contribution in [0, 0.1) is 5.82 Å². The number of nitrogens with zero attached hydrogens (tertiary/aromatic N) is 1. The quantitative estimate of drug-likeness (QED) is 0.795. The van der Waals surface area contributed by atoms with Crippen molar-refractivity contribution >= 4 is 39.8 Å². The molecule has 26 heavy (non-hydrogen) atoms. The van der Waals surface area contributed by atoms with Gasteiger partial charge < -0.3 is 15.0 Å². The van der Waals surface area contributed by atoms with Gasteiger partial charge in [0.25, 0.3) is 5.91 Å². The molecule has 0 saturated heterocycles. The van der Waals surface area contributed by atoms with E-state index in [4.69, 9.17) is 16.3 Å². The molecule has 8 heteroatoms. The van der Waals surface area contributed by atoms with Crippen LogP contribution in [0.5, 0.6) is 0 Å². The van der Waals surface area contributed by atoms with Gasteiger partial charge in [-0.1, -0.05) is 17.7 Å². The van der Waals surface area contributed by atoms with E-state index in [1.807, 2.05) is 7.05 Å². The van der Waals surface area contributed by atoms with E-state index in [2.05, 4.69) is 10.2 Å². The molecule has 1 aromatic carbocycles. The Morgan fingerprint density at radius 1 is 1.38 bits per heavy atom. The first kappa shape index (κ1) is 18.8. The van der Waals surface area contributed by atoms with Crippen LogP contribution < -0.4 is 5.32 Å². The number of hydrogen-bond acceptors (Lipinski definition) is 5. The molecule has 1 aliphatic heterocycles. The molecule has 2 heterocycles. The number of fused-ring (bicyclic) bond motifs is 1. The molecule has 0 saturated carbocycles. The fourth-order valence-electron chi connectivity index (χ4n) is 2.92. The van der Waals surface area contributed by atoms with Gasteiger partial charge in [-0.05, 0) is 38.1 Å². The normalized spacial score (nSPS) is 14.0. The Hall–Kier alpha value is -1.96. The second-order valence-electron chi connectivity index (χ2n) is 5.97. The lowest BCUT2D eigenvalue weighted by Crippen LogP contribution is -2.26. The molecule has 0 radical (unpaired) electrons. The summed E-state index contributed by atoms with van der Waals surface area (Å²) in [5.41, 5.74) is 1.01. The van der Waals surface area contributed by atoms with E-state index in [1.165, 1.54) is 29.5 Å². The number of benzene rings is 1. The van der Waals surface area contributed by atoms with E-state index in [9.17, 15) is 14.0 Å². The summed E-state index contributed by atoms with van der Waals surface area (Å²) < 4.78 is 19.2. The van der Waals surface area contributed by atoms with Crippen LogP contribution in [0.3, 0.4) is 0 Å². The van der Waals surface area contributed by atoms with Gasteiger partial charge in [-0.15, -0.1) is 11.3 Å². The van der Waals surface area contributed by atoms with Crippen LogP contribution in [0.4, 0.5) is 9.39 Å². The lowest BCUT2D eigenvalue weighted by Gasteiger charge is -2.22. The lowest BCUT2D eigenvalue weighted by molar-refractivity contribution is 0.0526. The fourth-order valence-corrected chi connectivity index (χ4v) is 4.48. The average molecular weight is 397 g/mol. The molecule has 0 bridgehead atoms. The number of carbonyl (C=O) groups is 2. The first-order valence-corrected chi connectivity index (χ1v) is 9.37. The van der Waals surface area contributed by atoms with Crippen molar-refractivity contribution in [3.8, 4) is 0 Å². The van der Waals surface area contributed by atoms with Gasteiger partial charge in [0, 0.05) is 18.0 Å². The van der Waals surface area contributed by atoms with Crippen molar-refractivity contribution in [3.05, 3.63) is 50.6 Å². The minimum Gasteiger partial charge on any atom is -0.462 e. The summed E-state index contributed by atoms with van der Waals surface area (Å²) >= 11 is 7.28. The number of rotatable bonds is 4. The summed E-state index contributed by atoms with van der Waals surface area (Å²) in [6.45, 7) is 3.45. The highest BCUT2D eigenvalue weighted by Gasteiger charge is 2.29. The fraction of sp³-hybridized carbons (Fsp3) is 0.333. The van der Waals surface area contributed by atoms with Gasteiger partial charge in [0.15, 0.2) is 0 Å². The van der Waals surface area contributed by atoms with E-state index < -0.39 is 17.7 Å². The molecule has 0 atom stereocenters. The summed E-state index contributed by atoms with van der Waals surface area (Å²) in [4.78, 5) is 28.2. The number of amides is 1. The number of ether oxygens (including phenoxy) is 1. The first-order valence-electron chi connectivity index (χ1n) is 8.18. The predicted octanol–water partition coefficient (Wildman–Crippen LogP) is 3.96. The maximum atomic E-state index is 14.0. The Morgan fingerprint density at radius 2 is 2.15 bits per heavy atom. The zero-order chi connectivity index (χ0) is 18.8. The third-order valence-electron chi connectivity index (χ3n) is 4.14. The number of nitrogens with one attached hydrogen (secondary N) is 1. The van der Waals surface area contributed by atoms with Gasteiger partial charge in [0.05, 0.1) is 22.8 Å². The number of likely N-dealkylation sites (N-methyl/N-ethyl adjacent to an activating group) is 1. The highest BCUT2D eigenvalue weighted by Crippen LogP contribution is 2.38. The van der Waals surface area contributed by atoms with E-state index in [0.717, 1.165) is 17.0 Å². The Bertz CT molecular complexity index is 848. The summed E-state index contributed by atoms with van der Waals surface area (Å²) in [5, 5.41) is 3.04. The van der Waals surface area contributed by atoms with E-state index in [0.29, 0.717) is 23.5 Å². The summed E-state index contributed by atoms with van der Waals surface area (Å²) in [5.74, 6) is -1.89. The highest BCUT2D eigenvalue weighted by molar-refractivity contribution is 7.17. The monoisotopic (exact) mass is 396 g/mol. The number of thiophene rings is 1. The van der Waals surface area contributed by atoms with Gasteiger partial charge in [0.1, 0.15) is 10.8 Å². The SMILES string of the molecule is CCOC(=O)c1c(NC(=O)c2c(F)cccc2Cl)sc2c1CCN(C)C2. The van der Waals surface area contributed by atoms with Crippen LogP contribution in [0.15, 0.2) is 18.2 Å². The number of halogens is 2. The van der Waals surface area contributed by atoms with E-state index in [1.54, 1.807) is 6.92 Å². The first-order chi connectivity index (χ1) is 12.4. The molecule has 0 aliphatic carbocycles. The molecular formula is C18H18ClFN2O3S. The molecular weight excluding hydrogens is 379 g/mol. The minimum atomic E-state index is -0.714. The predicted molar refractivity (Wildman–Crippen MR) is 99.7 cm³/mol. The summed E-state index contributed by atoms with van der Waals surface area (Å²) in [6.07, 6.45) is 0.687. The Morgan fingerprint density at radius 3 is 2.85 bits per heavy atom. The standard InChI is InChI=1S/C18H18ClFN2O3S/c1-3-25-18(24)14-10-7-8-22(2)9-13(10)26-17(14)21-16(23)15-11(19)5-4-6-12(15)20/h4-6H,3,7-9H2,1-2H3,(H,21,23). The number of hydrogen-bond donors (Lipinski definition) is 1.